The lowest BCUT2D eigenvalue weighted by molar-refractivity contribution is 0.415. The van der Waals surface area contributed by atoms with E-state index in [0.29, 0.717) is 5.11 Å². The van der Waals surface area contributed by atoms with Crippen molar-refractivity contribution < 1.29 is 4.74 Å². The summed E-state index contributed by atoms with van der Waals surface area (Å²) < 4.78 is 6.13. The molecule has 2 aromatic carbocycles. The molecule has 2 N–H and O–H groups in total. The first-order valence-corrected chi connectivity index (χ1v) is 7.37. The smallest absolute Gasteiger partial charge is 0.191 e. The Morgan fingerprint density at radius 3 is 2.43 bits per heavy atom. The van der Waals surface area contributed by atoms with Gasteiger partial charge in [0, 0.05) is 10.2 Å². The molecule has 0 heterocycles. The molecule has 0 saturated carbocycles. The molecule has 0 aliphatic rings. The summed E-state index contributed by atoms with van der Waals surface area (Å²) >= 11 is 8.54. The van der Waals surface area contributed by atoms with Crippen molar-refractivity contribution in [1.29, 1.82) is 0 Å². The highest BCUT2D eigenvalue weighted by atomic mass is 79.9. The van der Waals surface area contributed by atoms with Gasteiger partial charge in [-0.1, -0.05) is 28.1 Å². The van der Waals surface area contributed by atoms with Gasteiger partial charge in [-0.3, -0.25) is 5.43 Å². The van der Waals surface area contributed by atoms with Gasteiger partial charge in [0.05, 0.1) is 13.3 Å². The summed E-state index contributed by atoms with van der Waals surface area (Å²) in [4.78, 5) is 0. The van der Waals surface area contributed by atoms with E-state index in [0.717, 1.165) is 21.5 Å². The zero-order chi connectivity index (χ0) is 15.1. The number of halogens is 1. The number of ether oxygens (including phenoxy) is 1. The number of hydrogen-bond acceptors (Lipinski definition) is 3. The summed E-state index contributed by atoms with van der Waals surface area (Å²) in [7, 11) is 1.63. The van der Waals surface area contributed by atoms with Crippen LogP contribution in [0.3, 0.4) is 0 Å². The first kappa shape index (κ1) is 15.5. The Morgan fingerprint density at radius 2 is 1.81 bits per heavy atom. The fourth-order valence-corrected chi connectivity index (χ4v) is 1.98. The molecule has 0 saturated heterocycles. The van der Waals surface area contributed by atoms with Crippen LogP contribution in [-0.2, 0) is 0 Å². The molecule has 0 fully saturated rings. The van der Waals surface area contributed by atoms with Crippen LogP contribution in [-0.4, -0.2) is 18.4 Å². The topological polar surface area (TPSA) is 45.6 Å². The van der Waals surface area contributed by atoms with E-state index in [1.807, 2.05) is 48.5 Å². The molecule has 2 rings (SSSR count). The van der Waals surface area contributed by atoms with Gasteiger partial charge in [0.1, 0.15) is 5.75 Å². The Morgan fingerprint density at radius 1 is 1.14 bits per heavy atom. The summed E-state index contributed by atoms with van der Waals surface area (Å²) in [6.07, 6.45) is 1.70. The second-order valence-electron chi connectivity index (χ2n) is 4.10. The highest BCUT2D eigenvalue weighted by Gasteiger charge is 1.97. The molecule has 6 heteroatoms. The average molecular weight is 364 g/mol. The van der Waals surface area contributed by atoms with E-state index < -0.39 is 0 Å². The highest BCUT2D eigenvalue weighted by molar-refractivity contribution is 9.10. The third-order valence-electron chi connectivity index (χ3n) is 2.60. The van der Waals surface area contributed by atoms with E-state index in [-0.39, 0.29) is 0 Å². The van der Waals surface area contributed by atoms with Crippen molar-refractivity contribution in [2.75, 3.05) is 12.4 Å². The van der Waals surface area contributed by atoms with E-state index in [1.54, 1.807) is 13.3 Å². The number of hydrogen-bond donors (Lipinski definition) is 2. The van der Waals surface area contributed by atoms with Gasteiger partial charge in [0.25, 0.3) is 0 Å². The van der Waals surface area contributed by atoms with Gasteiger partial charge in [0.2, 0.25) is 0 Å². The molecule has 0 radical (unpaired) electrons. The van der Waals surface area contributed by atoms with E-state index in [1.165, 1.54) is 0 Å². The van der Waals surface area contributed by atoms with Crippen LogP contribution in [0.2, 0.25) is 0 Å². The molecule has 2 aromatic rings. The first-order valence-electron chi connectivity index (χ1n) is 6.17. The molecule has 0 amide bonds. The lowest BCUT2D eigenvalue weighted by Crippen LogP contribution is -2.23. The lowest BCUT2D eigenvalue weighted by Gasteiger charge is -2.07. The van der Waals surface area contributed by atoms with Gasteiger partial charge in [0.15, 0.2) is 5.11 Å². The molecular formula is C15H14BrN3OS. The average Bonchev–Trinajstić information content (AvgIpc) is 2.50. The Bertz CT molecular complexity index is 626. The Labute approximate surface area is 137 Å². The van der Waals surface area contributed by atoms with Crippen LogP contribution >= 0.6 is 28.1 Å². The van der Waals surface area contributed by atoms with Crippen LogP contribution in [0.15, 0.2) is 58.1 Å². The molecular weight excluding hydrogens is 350 g/mol. The summed E-state index contributed by atoms with van der Waals surface area (Å²) in [5, 5.41) is 7.54. The molecule has 0 bridgehead atoms. The molecule has 0 aromatic heterocycles. The van der Waals surface area contributed by atoms with Crippen molar-refractivity contribution in [3.8, 4) is 5.75 Å². The molecule has 21 heavy (non-hydrogen) atoms. The molecule has 0 unspecified atom stereocenters. The SMILES string of the molecule is COc1ccc(NC(=S)N/N=C/c2ccc(Br)cc2)cc1. The summed E-state index contributed by atoms with van der Waals surface area (Å²) in [5.74, 6) is 0.799. The highest BCUT2D eigenvalue weighted by Crippen LogP contribution is 2.14. The van der Waals surface area contributed by atoms with Crippen LogP contribution in [0.5, 0.6) is 5.75 Å². The number of rotatable bonds is 4. The number of methoxy groups -OCH3 is 1. The van der Waals surface area contributed by atoms with Gasteiger partial charge in [-0.25, -0.2) is 0 Å². The van der Waals surface area contributed by atoms with Crippen LogP contribution in [0.4, 0.5) is 5.69 Å². The maximum Gasteiger partial charge on any atom is 0.191 e. The molecule has 0 aliphatic carbocycles. The fourth-order valence-electron chi connectivity index (χ4n) is 1.55. The molecule has 4 nitrogen and oxygen atoms in total. The zero-order valence-corrected chi connectivity index (χ0v) is 13.7. The van der Waals surface area contributed by atoms with Crippen molar-refractivity contribution in [1.82, 2.24) is 5.43 Å². The number of nitrogens with zero attached hydrogens (tertiary/aromatic N) is 1. The predicted molar refractivity (Wildman–Crippen MR) is 94.1 cm³/mol. The van der Waals surface area contributed by atoms with Crippen molar-refractivity contribution in [2.24, 2.45) is 5.10 Å². The predicted octanol–water partition coefficient (Wildman–Crippen LogP) is 3.78. The standard InChI is InChI=1S/C15H14BrN3OS/c1-20-14-8-6-13(7-9-14)18-15(21)19-17-10-11-2-4-12(16)5-3-11/h2-10H,1H3,(H2,18,19,21)/b17-10+. The van der Waals surface area contributed by atoms with Crippen LogP contribution < -0.4 is 15.5 Å². The van der Waals surface area contributed by atoms with E-state index in [9.17, 15) is 0 Å². The second-order valence-corrected chi connectivity index (χ2v) is 5.43. The second kappa shape index (κ2) is 7.75. The van der Waals surface area contributed by atoms with Gasteiger partial charge < -0.3 is 10.1 Å². The minimum absolute atomic E-state index is 0.425. The number of anilines is 1. The lowest BCUT2D eigenvalue weighted by atomic mass is 10.2. The van der Waals surface area contributed by atoms with Crippen molar-refractivity contribution in [2.45, 2.75) is 0 Å². The van der Waals surface area contributed by atoms with Crippen LogP contribution in [0.25, 0.3) is 0 Å². The minimum atomic E-state index is 0.425. The molecule has 0 spiro atoms. The quantitative estimate of drug-likeness (QED) is 0.493. The van der Waals surface area contributed by atoms with Gasteiger partial charge in [-0.05, 0) is 54.2 Å². The van der Waals surface area contributed by atoms with Crippen LogP contribution in [0, 0.1) is 0 Å². The molecule has 0 atom stereocenters. The summed E-state index contributed by atoms with van der Waals surface area (Å²) in [5.41, 5.74) is 4.62. The van der Waals surface area contributed by atoms with Gasteiger partial charge in [-0.15, -0.1) is 0 Å². The van der Waals surface area contributed by atoms with Gasteiger partial charge in [-0.2, -0.15) is 5.10 Å². The summed E-state index contributed by atoms with van der Waals surface area (Å²) in [6.45, 7) is 0. The zero-order valence-electron chi connectivity index (χ0n) is 11.3. The van der Waals surface area contributed by atoms with Gasteiger partial charge >= 0.3 is 0 Å². The largest absolute Gasteiger partial charge is 0.497 e. The van der Waals surface area contributed by atoms with Crippen molar-refractivity contribution in [3.63, 3.8) is 0 Å². The first-order chi connectivity index (χ1) is 10.2. The van der Waals surface area contributed by atoms with Crippen LogP contribution in [0.1, 0.15) is 5.56 Å². The normalized spacial score (nSPS) is 10.4. The Hall–Kier alpha value is -1.92. The number of hydrazone groups is 1. The maximum absolute atomic E-state index is 5.16. The number of nitrogens with one attached hydrogen (secondary N) is 2. The van der Waals surface area contributed by atoms with E-state index >= 15 is 0 Å². The maximum atomic E-state index is 5.16. The third kappa shape index (κ3) is 5.17. The fraction of sp³-hybridized carbons (Fsp3) is 0.0667. The monoisotopic (exact) mass is 363 g/mol. The number of benzene rings is 2. The summed E-state index contributed by atoms with van der Waals surface area (Å²) in [6, 6.07) is 15.3. The Kier molecular flexibility index (Phi) is 5.71. The van der Waals surface area contributed by atoms with E-state index in [4.69, 9.17) is 17.0 Å². The van der Waals surface area contributed by atoms with E-state index in [2.05, 4.69) is 31.8 Å². The third-order valence-corrected chi connectivity index (χ3v) is 3.32. The van der Waals surface area contributed by atoms with Crippen molar-refractivity contribution in [3.05, 3.63) is 58.6 Å². The Balaban J connectivity index is 1.85. The molecule has 108 valence electrons. The van der Waals surface area contributed by atoms with Crippen molar-refractivity contribution >= 4 is 45.2 Å². The molecule has 0 aliphatic heterocycles. The minimum Gasteiger partial charge on any atom is -0.497 e. The number of thiocarbonyl (C=S) groups is 1.